The fourth-order valence-electron chi connectivity index (χ4n) is 3.68. The highest BCUT2D eigenvalue weighted by Crippen LogP contribution is 2.23. The molecule has 6 nitrogen and oxygen atoms in total. The molecule has 1 aliphatic rings. The monoisotopic (exact) mass is 424 g/mol. The Labute approximate surface area is 181 Å². The summed E-state index contributed by atoms with van der Waals surface area (Å²) < 4.78 is 6.42. The molecule has 1 aliphatic heterocycles. The molecule has 3 aromatic rings. The zero-order valence-corrected chi connectivity index (χ0v) is 18.2. The first-order valence-corrected chi connectivity index (χ1v) is 11.2. The number of amides is 1. The number of carbonyl (C=O) groups is 1. The van der Waals surface area contributed by atoms with E-state index in [1.807, 2.05) is 30.3 Å². The van der Waals surface area contributed by atoms with Crippen molar-refractivity contribution in [2.24, 2.45) is 0 Å². The smallest absolute Gasteiger partial charge is 0.234 e. The molecule has 1 fully saturated rings. The van der Waals surface area contributed by atoms with Gasteiger partial charge in [0, 0.05) is 32.7 Å². The standard InChI is InChI=1S/C23H28N4O2S/c1-29-19-8-6-18(7-9-19)10-11-24-22(28)16-26-12-14-27(15-13-26)17-23-25-20-4-2-3-5-21(20)30-23/h2-9H,10-17H2,1H3,(H,24,28). The van der Waals surface area contributed by atoms with Gasteiger partial charge < -0.3 is 10.1 Å². The Morgan fingerprint density at radius 2 is 1.80 bits per heavy atom. The van der Waals surface area contributed by atoms with Gasteiger partial charge in [0.05, 0.1) is 30.4 Å². The van der Waals surface area contributed by atoms with Crippen LogP contribution in [-0.4, -0.2) is 67.1 Å². The number of rotatable bonds is 8. The van der Waals surface area contributed by atoms with Crippen molar-refractivity contribution < 1.29 is 9.53 Å². The van der Waals surface area contributed by atoms with Crippen LogP contribution in [0.1, 0.15) is 10.6 Å². The van der Waals surface area contributed by atoms with Crippen LogP contribution in [0.25, 0.3) is 10.2 Å². The average Bonchev–Trinajstić information content (AvgIpc) is 3.18. The number of thiazole rings is 1. The van der Waals surface area contributed by atoms with E-state index in [-0.39, 0.29) is 5.91 Å². The fraction of sp³-hybridized carbons (Fsp3) is 0.391. The number of aromatic nitrogens is 1. The highest BCUT2D eigenvalue weighted by atomic mass is 32.1. The van der Waals surface area contributed by atoms with Crippen molar-refractivity contribution in [1.82, 2.24) is 20.1 Å². The van der Waals surface area contributed by atoms with Gasteiger partial charge in [0.2, 0.25) is 5.91 Å². The number of ether oxygens (including phenoxy) is 1. The van der Waals surface area contributed by atoms with Crippen molar-refractivity contribution in [2.45, 2.75) is 13.0 Å². The van der Waals surface area contributed by atoms with Gasteiger partial charge in [-0.1, -0.05) is 24.3 Å². The molecule has 158 valence electrons. The Balaban J connectivity index is 1.15. The van der Waals surface area contributed by atoms with Gasteiger partial charge >= 0.3 is 0 Å². The Hall–Kier alpha value is -2.48. The number of piperazine rings is 1. The van der Waals surface area contributed by atoms with Gasteiger partial charge in [0.1, 0.15) is 10.8 Å². The molecule has 0 atom stereocenters. The number of methoxy groups -OCH3 is 1. The lowest BCUT2D eigenvalue weighted by molar-refractivity contribution is -0.122. The van der Waals surface area contributed by atoms with Gasteiger partial charge in [0.15, 0.2) is 0 Å². The zero-order chi connectivity index (χ0) is 20.8. The molecule has 1 aromatic heterocycles. The third kappa shape index (κ3) is 5.56. The molecule has 0 radical (unpaired) electrons. The van der Waals surface area contributed by atoms with Crippen LogP contribution in [0.15, 0.2) is 48.5 Å². The van der Waals surface area contributed by atoms with Crippen LogP contribution in [0.3, 0.4) is 0 Å². The summed E-state index contributed by atoms with van der Waals surface area (Å²) >= 11 is 1.77. The first-order valence-electron chi connectivity index (χ1n) is 10.4. The van der Waals surface area contributed by atoms with E-state index in [1.165, 1.54) is 15.3 Å². The maximum absolute atomic E-state index is 12.3. The SMILES string of the molecule is COc1ccc(CCNC(=O)CN2CCN(Cc3nc4ccccc4s3)CC2)cc1. The molecule has 0 bridgehead atoms. The molecule has 1 saturated heterocycles. The maximum atomic E-state index is 12.3. The normalized spacial score (nSPS) is 15.4. The maximum Gasteiger partial charge on any atom is 0.234 e. The number of nitrogens with zero attached hydrogens (tertiary/aromatic N) is 3. The Morgan fingerprint density at radius 3 is 2.53 bits per heavy atom. The van der Waals surface area contributed by atoms with Crippen LogP contribution < -0.4 is 10.1 Å². The van der Waals surface area contributed by atoms with E-state index in [1.54, 1.807) is 18.4 Å². The van der Waals surface area contributed by atoms with Crippen molar-refractivity contribution in [3.63, 3.8) is 0 Å². The van der Waals surface area contributed by atoms with Gasteiger partial charge in [-0.2, -0.15) is 0 Å². The third-order valence-corrected chi connectivity index (χ3v) is 6.45. The van der Waals surface area contributed by atoms with Gasteiger partial charge in [-0.25, -0.2) is 4.98 Å². The number of para-hydroxylation sites is 1. The number of fused-ring (bicyclic) bond motifs is 1. The van der Waals surface area contributed by atoms with E-state index in [9.17, 15) is 4.79 Å². The third-order valence-electron chi connectivity index (χ3n) is 5.42. The number of carbonyl (C=O) groups excluding carboxylic acids is 1. The molecule has 0 aliphatic carbocycles. The fourth-order valence-corrected chi connectivity index (χ4v) is 4.69. The zero-order valence-electron chi connectivity index (χ0n) is 17.3. The predicted octanol–water partition coefficient (Wildman–Crippen LogP) is 2.78. The summed E-state index contributed by atoms with van der Waals surface area (Å²) in [6, 6.07) is 16.3. The molecule has 2 heterocycles. The van der Waals surface area contributed by atoms with E-state index < -0.39 is 0 Å². The molecular formula is C23H28N4O2S. The van der Waals surface area contributed by atoms with E-state index >= 15 is 0 Å². The van der Waals surface area contributed by atoms with Crippen molar-refractivity contribution in [1.29, 1.82) is 0 Å². The van der Waals surface area contributed by atoms with E-state index in [4.69, 9.17) is 9.72 Å². The minimum absolute atomic E-state index is 0.100. The molecule has 7 heteroatoms. The summed E-state index contributed by atoms with van der Waals surface area (Å²) in [6.45, 7) is 5.78. The number of benzene rings is 2. The first-order chi connectivity index (χ1) is 14.7. The van der Waals surface area contributed by atoms with Crippen molar-refractivity contribution in [3.05, 3.63) is 59.1 Å². The Morgan fingerprint density at radius 1 is 1.07 bits per heavy atom. The van der Waals surface area contributed by atoms with Crippen molar-refractivity contribution in [3.8, 4) is 5.75 Å². The molecular weight excluding hydrogens is 396 g/mol. The molecule has 1 amide bonds. The van der Waals surface area contributed by atoms with Crippen LogP contribution in [0.4, 0.5) is 0 Å². The summed E-state index contributed by atoms with van der Waals surface area (Å²) in [6.07, 6.45) is 0.825. The van der Waals surface area contributed by atoms with Gasteiger partial charge in [0.25, 0.3) is 0 Å². The number of hydrogen-bond acceptors (Lipinski definition) is 6. The van der Waals surface area contributed by atoms with Crippen LogP contribution in [0, 0.1) is 0 Å². The summed E-state index contributed by atoms with van der Waals surface area (Å²) in [5, 5.41) is 4.21. The van der Waals surface area contributed by atoms with Crippen molar-refractivity contribution >= 4 is 27.5 Å². The molecule has 0 unspecified atom stereocenters. The van der Waals surface area contributed by atoms with Gasteiger partial charge in [-0.15, -0.1) is 11.3 Å². The molecule has 0 saturated carbocycles. The van der Waals surface area contributed by atoms with E-state index in [2.05, 4.69) is 33.3 Å². The molecule has 4 rings (SSSR count). The minimum atomic E-state index is 0.100. The second-order valence-corrected chi connectivity index (χ2v) is 8.69. The lowest BCUT2D eigenvalue weighted by Gasteiger charge is -2.33. The minimum Gasteiger partial charge on any atom is -0.497 e. The highest BCUT2D eigenvalue weighted by molar-refractivity contribution is 7.18. The van der Waals surface area contributed by atoms with Crippen LogP contribution in [-0.2, 0) is 17.8 Å². The lowest BCUT2D eigenvalue weighted by atomic mass is 10.1. The first kappa shape index (κ1) is 20.8. The van der Waals surface area contributed by atoms with Crippen LogP contribution >= 0.6 is 11.3 Å². The summed E-state index contributed by atoms with van der Waals surface area (Å²) in [7, 11) is 1.66. The highest BCUT2D eigenvalue weighted by Gasteiger charge is 2.20. The largest absolute Gasteiger partial charge is 0.497 e. The Bertz CT molecular complexity index is 932. The molecule has 1 N–H and O–H groups in total. The quantitative estimate of drug-likeness (QED) is 0.603. The summed E-state index contributed by atoms with van der Waals surface area (Å²) in [5.74, 6) is 0.952. The van der Waals surface area contributed by atoms with Gasteiger partial charge in [-0.05, 0) is 36.2 Å². The second-order valence-electron chi connectivity index (χ2n) is 7.58. The summed E-state index contributed by atoms with van der Waals surface area (Å²) in [4.78, 5) is 21.7. The molecule has 0 spiro atoms. The molecule has 30 heavy (non-hydrogen) atoms. The summed E-state index contributed by atoms with van der Waals surface area (Å²) in [5.41, 5.74) is 2.28. The van der Waals surface area contributed by atoms with E-state index in [0.717, 1.165) is 50.4 Å². The van der Waals surface area contributed by atoms with E-state index in [0.29, 0.717) is 13.1 Å². The molecule has 2 aromatic carbocycles. The average molecular weight is 425 g/mol. The van der Waals surface area contributed by atoms with Crippen LogP contribution in [0.2, 0.25) is 0 Å². The van der Waals surface area contributed by atoms with Crippen molar-refractivity contribution in [2.75, 3.05) is 46.4 Å². The van der Waals surface area contributed by atoms with Crippen LogP contribution in [0.5, 0.6) is 5.75 Å². The number of nitrogens with one attached hydrogen (secondary N) is 1. The topological polar surface area (TPSA) is 57.7 Å². The predicted molar refractivity (Wildman–Crippen MR) is 121 cm³/mol. The number of hydrogen-bond donors (Lipinski definition) is 1. The lowest BCUT2D eigenvalue weighted by Crippen LogP contribution is -2.49. The second kappa shape index (κ2) is 10.0. The Kier molecular flexibility index (Phi) is 6.94. The van der Waals surface area contributed by atoms with Gasteiger partial charge in [-0.3, -0.25) is 14.6 Å².